The molecule has 100 valence electrons. The Morgan fingerprint density at radius 1 is 1.00 bits per heavy atom. The summed E-state index contributed by atoms with van der Waals surface area (Å²) in [7, 11) is 0. The third kappa shape index (κ3) is 2.83. The molecule has 0 aromatic carbocycles. The molecule has 0 unspecified atom stereocenters. The maximum absolute atomic E-state index is 6.11. The minimum atomic E-state index is 0.349. The van der Waals surface area contributed by atoms with Gasteiger partial charge in [0.25, 0.3) is 0 Å². The molecule has 1 heterocycles. The highest BCUT2D eigenvalue weighted by molar-refractivity contribution is 4.96. The lowest BCUT2D eigenvalue weighted by atomic mass is 9.80. The van der Waals surface area contributed by atoms with Crippen molar-refractivity contribution in [3.05, 3.63) is 0 Å². The van der Waals surface area contributed by atoms with Gasteiger partial charge in [0.1, 0.15) is 0 Å². The van der Waals surface area contributed by atoms with E-state index in [9.17, 15) is 0 Å². The monoisotopic (exact) mass is 239 g/mol. The Morgan fingerprint density at radius 2 is 1.59 bits per heavy atom. The fraction of sp³-hybridized carbons (Fsp3) is 1.00. The summed E-state index contributed by atoms with van der Waals surface area (Å²) in [5.41, 5.74) is 6.46. The predicted octanol–water partition coefficient (Wildman–Crippen LogP) is 1.67. The molecule has 2 N–H and O–H groups in total. The van der Waals surface area contributed by atoms with Crippen molar-refractivity contribution in [3.63, 3.8) is 0 Å². The first-order valence-corrected chi connectivity index (χ1v) is 7.37. The summed E-state index contributed by atoms with van der Waals surface area (Å²) < 4.78 is 0. The topological polar surface area (TPSA) is 32.5 Å². The van der Waals surface area contributed by atoms with Crippen LogP contribution in [-0.2, 0) is 0 Å². The van der Waals surface area contributed by atoms with Crippen molar-refractivity contribution in [1.29, 1.82) is 0 Å². The zero-order valence-electron chi connectivity index (χ0n) is 11.6. The molecule has 1 saturated carbocycles. The Balaban J connectivity index is 1.93. The Morgan fingerprint density at radius 3 is 2.06 bits per heavy atom. The smallest absolute Gasteiger partial charge is 0.0332 e. The Hall–Kier alpha value is -0.120. The van der Waals surface area contributed by atoms with Crippen LogP contribution in [0, 0.1) is 0 Å². The lowest BCUT2D eigenvalue weighted by Gasteiger charge is -2.50. The number of piperazine rings is 1. The first kappa shape index (κ1) is 13.3. The molecule has 0 aromatic heterocycles. The Kier molecular flexibility index (Phi) is 4.45. The van der Waals surface area contributed by atoms with Crippen LogP contribution in [-0.4, -0.2) is 54.1 Å². The fourth-order valence-corrected chi connectivity index (χ4v) is 3.57. The number of hydrogen-bond acceptors (Lipinski definition) is 3. The van der Waals surface area contributed by atoms with Gasteiger partial charge >= 0.3 is 0 Å². The highest BCUT2D eigenvalue weighted by Crippen LogP contribution is 2.33. The molecule has 1 aliphatic heterocycles. The third-order valence-corrected chi connectivity index (χ3v) is 4.88. The number of nitrogens with two attached hydrogens (primary N) is 1. The van der Waals surface area contributed by atoms with Crippen LogP contribution >= 0.6 is 0 Å². The first-order chi connectivity index (χ1) is 8.18. The van der Waals surface area contributed by atoms with Crippen LogP contribution in [0.4, 0.5) is 0 Å². The Bertz CT molecular complexity index is 226. The van der Waals surface area contributed by atoms with E-state index in [1.165, 1.54) is 58.3 Å². The largest absolute Gasteiger partial charge is 0.329 e. The summed E-state index contributed by atoms with van der Waals surface area (Å²) in [6.07, 6.45) is 6.81. The molecule has 1 aliphatic carbocycles. The zero-order chi connectivity index (χ0) is 12.3. The van der Waals surface area contributed by atoms with Gasteiger partial charge in [-0.2, -0.15) is 0 Å². The van der Waals surface area contributed by atoms with E-state index < -0.39 is 0 Å². The van der Waals surface area contributed by atoms with Gasteiger partial charge in [-0.25, -0.2) is 0 Å². The van der Waals surface area contributed by atoms with E-state index in [2.05, 4.69) is 23.6 Å². The average molecular weight is 239 g/mol. The molecule has 2 aliphatic rings. The molecule has 0 radical (unpaired) electrons. The third-order valence-electron chi connectivity index (χ3n) is 4.88. The van der Waals surface area contributed by atoms with Crippen molar-refractivity contribution in [2.45, 2.75) is 57.5 Å². The second-order valence-corrected chi connectivity index (χ2v) is 6.11. The van der Waals surface area contributed by atoms with E-state index >= 15 is 0 Å². The van der Waals surface area contributed by atoms with Gasteiger partial charge in [-0.15, -0.1) is 0 Å². The van der Waals surface area contributed by atoms with Crippen LogP contribution in [0.2, 0.25) is 0 Å². The summed E-state index contributed by atoms with van der Waals surface area (Å²) in [6.45, 7) is 10.3. The van der Waals surface area contributed by atoms with Crippen LogP contribution in [0.1, 0.15) is 46.0 Å². The maximum Gasteiger partial charge on any atom is 0.0332 e. The van der Waals surface area contributed by atoms with Gasteiger partial charge in [0.15, 0.2) is 0 Å². The van der Waals surface area contributed by atoms with E-state index in [0.717, 1.165) is 6.54 Å². The van der Waals surface area contributed by atoms with E-state index in [0.29, 0.717) is 11.6 Å². The van der Waals surface area contributed by atoms with Crippen molar-refractivity contribution in [2.24, 2.45) is 5.73 Å². The molecular weight excluding hydrogens is 210 g/mol. The summed E-state index contributed by atoms with van der Waals surface area (Å²) in [5, 5.41) is 0. The summed E-state index contributed by atoms with van der Waals surface area (Å²) >= 11 is 0. The number of hydrogen-bond donors (Lipinski definition) is 1. The van der Waals surface area contributed by atoms with Crippen LogP contribution in [0.25, 0.3) is 0 Å². The summed E-state index contributed by atoms with van der Waals surface area (Å²) in [5.74, 6) is 0. The van der Waals surface area contributed by atoms with Crippen molar-refractivity contribution < 1.29 is 0 Å². The molecule has 0 aromatic rings. The minimum absolute atomic E-state index is 0.349. The van der Waals surface area contributed by atoms with Gasteiger partial charge in [-0.05, 0) is 26.7 Å². The zero-order valence-corrected chi connectivity index (χ0v) is 11.6. The minimum Gasteiger partial charge on any atom is -0.329 e. The van der Waals surface area contributed by atoms with Crippen LogP contribution < -0.4 is 5.73 Å². The highest BCUT2D eigenvalue weighted by atomic mass is 15.3. The predicted molar refractivity (Wildman–Crippen MR) is 73.2 cm³/mol. The summed E-state index contributed by atoms with van der Waals surface area (Å²) in [4.78, 5) is 5.29. The fourth-order valence-electron chi connectivity index (χ4n) is 3.57. The molecule has 2 rings (SSSR count). The second kappa shape index (κ2) is 5.68. The molecule has 3 nitrogen and oxygen atoms in total. The molecule has 17 heavy (non-hydrogen) atoms. The molecule has 0 bridgehead atoms. The maximum atomic E-state index is 6.11. The van der Waals surface area contributed by atoms with Gasteiger partial charge in [-0.3, -0.25) is 9.80 Å². The Labute approximate surface area is 106 Å². The van der Waals surface area contributed by atoms with Crippen molar-refractivity contribution >= 4 is 0 Å². The van der Waals surface area contributed by atoms with Gasteiger partial charge < -0.3 is 5.73 Å². The van der Waals surface area contributed by atoms with Crippen molar-refractivity contribution in [2.75, 3.05) is 32.7 Å². The SMILES string of the molecule is CC(C)N1CCN(C2(CN)CCCCC2)CC1. The molecule has 0 spiro atoms. The van der Waals surface area contributed by atoms with E-state index in [-0.39, 0.29) is 0 Å². The summed E-state index contributed by atoms with van der Waals surface area (Å²) in [6, 6.07) is 0.692. The molecule has 1 saturated heterocycles. The highest BCUT2D eigenvalue weighted by Gasteiger charge is 2.38. The molecule has 2 fully saturated rings. The lowest BCUT2D eigenvalue weighted by Crippen LogP contribution is -2.61. The lowest BCUT2D eigenvalue weighted by molar-refractivity contribution is 0.00520. The standard InChI is InChI=1S/C14H29N3/c1-13(2)16-8-10-17(11-9-16)14(12-15)6-4-3-5-7-14/h13H,3-12,15H2,1-2H3. The van der Waals surface area contributed by atoms with E-state index in [1.54, 1.807) is 0 Å². The number of nitrogens with zero attached hydrogens (tertiary/aromatic N) is 2. The van der Waals surface area contributed by atoms with Crippen LogP contribution in [0.15, 0.2) is 0 Å². The van der Waals surface area contributed by atoms with Gasteiger partial charge in [-0.1, -0.05) is 19.3 Å². The van der Waals surface area contributed by atoms with Crippen molar-refractivity contribution in [3.8, 4) is 0 Å². The molecular formula is C14H29N3. The van der Waals surface area contributed by atoms with Crippen molar-refractivity contribution in [1.82, 2.24) is 9.80 Å². The van der Waals surface area contributed by atoms with E-state index in [4.69, 9.17) is 5.73 Å². The van der Waals surface area contributed by atoms with Gasteiger partial charge in [0.2, 0.25) is 0 Å². The van der Waals surface area contributed by atoms with Crippen LogP contribution in [0.5, 0.6) is 0 Å². The molecule has 0 atom stereocenters. The van der Waals surface area contributed by atoms with E-state index in [1.807, 2.05) is 0 Å². The van der Waals surface area contributed by atoms with Crippen LogP contribution in [0.3, 0.4) is 0 Å². The second-order valence-electron chi connectivity index (χ2n) is 6.11. The van der Waals surface area contributed by atoms with Gasteiger partial charge in [0.05, 0.1) is 0 Å². The number of rotatable bonds is 3. The molecule has 3 heteroatoms. The normalized spacial score (nSPS) is 27.5. The quantitative estimate of drug-likeness (QED) is 0.813. The van der Waals surface area contributed by atoms with Gasteiger partial charge in [0, 0.05) is 44.3 Å². The first-order valence-electron chi connectivity index (χ1n) is 7.37. The average Bonchev–Trinajstić information content (AvgIpc) is 2.39. The molecule has 0 amide bonds.